The number of carbonyl (C=O) groups excluding carboxylic acids is 1. The smallest absolute Gasteiger partial charge is 0.335 e. The Morgan fingerprint density at radius 1 is 0.735 bits per heavy atom. The van der Waals surface area contributed by atoms with Gasteiger partial charge in [-0.05, 0) is 64.4 Å². The summed E-state index contributed by atoms with van der Waals surface area (Å²) in [6.07, 6.45) is 0. The van der Waals surface area contributed by atoms with Gasteiger partial charge in [-0.3, -0.25) is 4.79 Å². The Hall–Kier alpha value is -4.32. The van der Waals surface area contributed by atoms with Crippen molar-refractivity contribution in [3.63, 3.8) is 0 Å². The van der Waals surface area contributed by atoms with Crippen LogP contribution in [0.15, 0.2) is 84.9 Å². The lowest BCUT2D eigenvalue weighted by Gasteiger charge is -2.36. The number of carboxylic acid groups (broad SMARTS) is 1. The molecule has 0 bridgehead atoms. The number of nitrogens with zero attached hydrogens (tertiary/aromatic N) is 2. The van der Waals surface area contributed by atoms with Gasteiger partial charge in [0.05, 0.1) is 5.56 Å². The van der Waals surface area contributed by atoms with Crippen LogP contribution >= 0.6 is 0 Å². The summed E-state index contributed by atoms with van der Waals surface area (Å²) in [4.78, 5) is 28.6. The van der Waals surface area contributed by atoms with Gasteiger partial charge in [0.15, 0.2) is 0 Å². The van der Waals surface area contributed by atoms with E-state index in [9.17, 15) is 14.7 Å². The minimum Gasteiger partial charge on any atom is -0.508 e. The van der Waals surface area contributed by atoms with Crippen molar-refractivity contribution in [2.75, 3.05) is 31.1 Å². The Balaban J connectivity index is 1.37. The predicted molar refractivity (Wildman–Crippen MR) is 133 cm³/mol. The Labute approximate surface area is 197 Å². The van der Waals surface area contributed by atoms with E-state index < -0.39 is 5.97 Å². The van der Waals surface area contributed by atoms with Crippen LogP contribution in [0.5, 0.6) is 5.75 Å². The van der Waals surface area contributed by atoms with Crippen molar-refractivity contribution in [1.29, 1.82) is 0 Å². The fraction of sp³-hybridized carbons (Fsp3) is 0.143. The Morgan fingerprint density at radius 2 is 1.44 bits per heavy atom. The Bertz CT molecular complexity index is 1370. The molecule has 1 aliphatic rings. The first-order valence-corrected chi connectivity index (χ1v) is 11.2. The van der Waals surface area contributed by atoms with Crippen molar-refractivity contribution in [3.05, 3.63) is 96.1 Å². The summed E-state index contributed by atoms with van der Waals surface area (Å²) in [6.45, 7) is 2.53. The number of phenols is 1. The number of carboxylic acids is 1. The van der Waals surface area contributed by atoms with E-state index in [-0.39, 0.29) is 17.2 Å². The van der Waals surface area contributed by atoms with Gasteiger partial charge in [-0.1, -0.05) is 42.5 Å². The molecular weight excluding hydrogens is 428 g/mol. The molecule has 1 fully saturated rings. The summed E-state index contributed by atoms with van der Waals surface area (Å²) >= 11 is 0. The number of fused-ring (bicyclic) bond motifs is 1. The van der Waals surface area contributed by atoms with E-state index in [1.165, 1.54) is 0 Å². The van der Waals surface area contributed by atoms with Gasteiger partial charge in [0.25, 0.3) is 5.91 Å². The summed E-state index contributed by atoms with van der Waals surface area (Å²) < 4.78 is 0. The Kier molecular flexibility index (Phi) is 5.64. The molecule has 170 valence electrons. The molecule has 4 aromatic rings. The van der Waals surface area contributed by atoms with Gasteiger partial charge in [-0.2, -0.15) is 0 Å². The summed E-state index contributed by atoms with van der Waals surface area (Å²) in [5.74, 6) is -0.735. The number of piperazine rings is 1. The van der Waals surface area contributed by atoms with Crippen LogP contribution in [0.4, 0.5) is 5.69 Å². The molecule has 5 rings (SSSR count). The average molecular weight is 453 g/mol. The first kappa shape index (κ1) is 21.5. The van der Waals surface area contributed by atoms with E-state index >= 15 is 0 Å². The Morgan fingerprint density at radius 3 is 2.12 bits per heavy atom. The molecule has 0 aliphatic carbocycles. The number of aromatic carboxylic acids is 1. The molecule has 1 saturated heterocycles. The largest absolute Gasteiger partial charge is 0.508 e. The zero-order chi connectivity index (χ0) is 23.7. The van der Waals surface area contributed by atoms with E-state index in [0.717, 1.165) is 27.6 Å². The van der Waals surface area contributed by atoms with Crippen LogP contribution in [0.2, 0.25) is 0 Å². The predicted octanol–water partition coefficient (Wildman–Crippen LogP) is 4.87. The third-order valence-corrected chi connectivity index (χ3v) is 6.36. The number of rotatable bonds is 4. The van der Waals surface area contributed by atoms with Crippen LogP contribution in [0.25, 0.3) is 21.9 Å². The monoisotopic (exact) mass is 452 g/mol. The maximum absolute atomic E-state index is 13.5. The van der Waals surface area contributed by atoms with Gasteiger partial charge in [-0.15, -0.1) is 0 Å². The van der Waals surface area contributed by atoms with Crippen molar-refractivity contribution in [1.82, 2.24) is 4.90 Å². The molecule has 1 heterocycles. The van der Waals surface area contributed by atoms with Crippen LogP contribution in [0.1, 0.15) is 20.7 Å². The van der Waals surface area contributed by atoms with Crippen LogP contribution in [-0.4, -0.2) is 53.2 Å². The fourth-order valence-corrected chi connectivity index (χ4v) is 4.56. The van der Waals surface area contributed by atoms with E-state index in [4.69, 9.17) is 5.11 Å². The summed E-state index contributed by atoms with van der Waals surface area (Å²) in [5, 5.41) is 20.9. The third kappa shape index (κ3) is 4.06. The van der Waals surface area contributed by atoms with Crippen molar-refractivity contribution < 1.29 is 19.8 Å². The molecule has 1 aliphatic heterocycles. The number of phenolic OH excluding ortho intramolecular Hbond substituents is 1. The highest BCUT2D eigenvalue weighted by Crippen LogP contribution is 2.33. The summed E-state index contributed by atoms with van der Waals surface area (Å²) in [5.41, 5.74) is 3.76. The highest BCUT2D eigenvalue weighted by molar-refractivity contribution is 6.11. The van der Waals surface area contributed by atoms with Gasteiger partial charge in [0.2, 0.25) is 0 Å². The SMILES string of the molecule is O=C(O)c1ccc(N2CCN(C(=O)c3ccc(-c4cccc(O)c4)c4ccccc34)CC2)cc1. The van der Waals surface area contributed by atoms with Crippen molar-refractivity contribution >= 4 is 28.3 Å². The molecule has 1 amide bonds. The number of aromatic hydroxyl groups is 1. The van der Waals surface area contributed by atoms with E-state index in [0.29, 0.717) is 31.7 Å². The van der Waals surface area contributed by atoms with Gasteiger partial charge >= 0.3 is 5.97 Å². The van der Waals surface area contributed by atoms with Crippen LogP contribution in [-0.2, 0) is 0 Å². The van der Waals surface area contributed by atoms with E-state index in [1.54, 1.807) is 24.3 Å². The van der Waals surface area contributed by atoms with Crippen molar-refractivity contribution in [2.24, 2.45) is 0 Å². The van der Waals surface area contributed by atoms with Crippen LogP contribution in [0.3, 0.4) is 0 Å². The lowest BCUT2D eigenvalue weighted by atomic mass is 9.94. The fourth-order valence-electron chi connectivity index (χ4n) is 4.56. The third-order valence-electron chi connectivity index (χ3n) is 6.36. The normalized spacial score (nSPS) is 13.8. The molecule has 6 nitrogen and oxygen atoms in total. The van der Waals surface area contributed by atoms with Crippen LogP contribution < -0.4 is 4.90 Å². The quantitative estimate of drug-likeness (QED) is 0.462. The molecule has 0 radical (unpaired) electrons. The first-order chi connectivity index (χ1) is 16.5. The number of hydrogen-bond acceptors (Lipinski definition) is 4. The van der Waals surface area contributed by atoms with Gasteiger partial charge in [0.1, 0.15) is 5.75 Å². The highest BCUT2D eigenvalue weighted by atomic mass is 16.4. The summed E-state index contributed by atoms with van der Waals surface area (Å²) in [6, 6.07) is 25.7. The lowest BCUT2D eigenvalue weighted by molar-refractivity contribution is 0.0695. The second kappa shape index (κ2) is 8.90. The number of hydrogen-bond donors (Lipinski definition) is 2. The molecule has 0 aromatic heterocycles. The number of anilines is 1. The molecule has 6 heteroatoms. The first-order valence-electron chi connectivity index (χ1n) is 11.2. The van der Waals surface area contributed by atoms with Gasteiger partial charge < -0.3 is 20.0 Å². The zero-order valence-electron chi connectivity index (χ0n) is 18.5. The van der Waals surface area contributed by atoms with E-state index in [2.05, 4.69) is 4.90 Å². The van der Waals surface area contributed by atoms with E-state index in [1.807, 2.05) is 65.6 Å². The highest BCUT2D eigenvalue weighted by Gasteiger charge is 2.24. The molecule has 4 aromatic carbocycles. The van der Waals surface area contributed by atoms with Crippen molar-refractivity contribution in [2.45, 2.75) is 0 Å². The topological polar surface area (TPSA) is 81.1 Å². The lowest BCUT2D eigenvalue weighted by Crippen LogP contribution is -2.48. The van der Waals surface area contributed by atoms with Gasteiger partial charge in [0, 0.05) is 37.4 Å². The molecule has 0 saturated carbocycles. The molecule has 34 heavy (non-hydrogen) atoms. The van der Waals surface area contributed by atoms with Crippen molar-refractivity contribution in [3.8, 4) is 16.9 Å². The minimum atomic E-state index is -0.940. The number of carbonyl (C=O) groups is 2. The van der Waals surface area contributed by atoms with Gasteiger partial charge in [-0.25, -0.2) is 4.79 Å². The second-order valence-corrected chi connectivity index (χ2v) is 8.39. The summed E-state index contributed by atoms with van der Waals surface area (Å²) in [7, 11) is 0. The molecule has 0 atom stereocenters. The number of amides is 1. The maximum Gasteiger partial charge on any atom is 0.335 e. The molecular formula is C28H24N2O4. The molecule has 0 spiro atoms. The van der Waals surface area contributed by atoms with Crippen LogP contribution in [0, 0.1) is 0 Å². The number of benzene rings is 4. The molecule has 0 unspecified atom stereocenters. The minimum absolute atomic E-state index is 0.000431. The zero-order valence-corrected chi connectivity index (χ0v) is 18.5. The average Bonchev–Trinajstić information content (AvgIpc) is 2.88. The standard InChI is InChI=1S/C28H24N2O4/c31-22-5-3-4-20(18-22)23-12-13-26(25-7-2-1-6-24(23)25)27(32)30-16-14-29(15-17-30)21-10-8-19(9-11-21)28(33)34/h1-13,18,31H,14-17H2,(H,33,34). The molecule has 2 N–H and O–H groups in total. The second-order valence-electron chi connectivity index (χ2n) is 8.39. The maximum atomic E-state index is 13.5.